The molecule has 1 amide bonds. The summed E-state index contributed by atoms with van der Waals surface area (Å²) in [7, 11) is 5.70. The number of halogens is 6. The van der Waals surface area contributed by atoms with Gasteiger partial charge in [-0.05, 0) is 68.2 Å². The van der Waals surface area contributed by atoms with Crippen LogP contribution in [-0.4, -0.2) is 104 Å². The number of carbonyl (C=O) groups is 3. The van der Waals surface area contributed by atoms with Crippen molar-refractivity contribution in [3.63, 3.8) is 0 Å². The van der Waals surface area contributed by atoms with Gasteiger partial charge in [0.05, 0.1) is 18.8 Å². The Balaban J connectivity index is 0.000000392. The maximum absolute atomic E-state index is 13.9. The first kappa shape index (κ1) is 38.3. The number of ether oxygens (including phenoxy) is 1. The molecule has 49 heavy (non-hydrogen) atoms. The lowest BCUT2D eigenvalue weighted by atomic mass is 10.1. The van der Waals surface area contributed by atoms with E-state index in [0.717, 1.165) is 46.4 Å². The van der Waals surface area contributed by atoms with E-state index in [1.807, 2.05) is 72.5 Å². The number of methoxy groups -OCH3 is 1. The van der Waals surface area contributed by atoms with Crippen molar-refractivity contribution in [1.29, 1.82) is 0 Å². The monoisotopic (exact) mass is 700 g/mol. The van der Waals surface area contributed by atoms with E-state index < -0.39 is 24.3 Å². The van der Waals surface area contributed by atoms with Crippen molar-refractivity contribution in [3.8, 4) is 16.9 Å². The number of aromatic nitrogens is 4. The van der Waals surface area contributed by atoms with Crippen LogP contribution in [0.3, 0.4) is 0 Å². The maximum atomic E-state index is 13.9. The van der Waals surface area contributed by atoms with Gasteiger partial charge in [0.25, 0.3) is 5.91 Å². The molecule has 0 radical (unpaired) electrons. The largest absolute Gasteiger partial charge is 0.497 e. The molecule has 12 nitrogen and oxygen atoms in total. The second-order valence-corrected chi connectivity index (χ2v) is 11.2. The van der Waals surface area contributed by atoms with Crippen LogP contribution in [0.2, 0.25) is 0 Å². The lowest BCUT2D eigenvalue weighted by molar-refractivity contribution is -0.193. The van der Waals surface area contributed by atoms with Crippen LogP contribution < -0.4 is 4.74 Å². The minimum Gasteiger partial charge on any atom is -0.497 e. The lowest BCUT2D eigenvalue weighted by Crippen LogP contribution is -2.36. The molecular formula is C31H34F6N6O6. The van der Waals surface area contributed by atoms with Gasteiger partial charge in [0, 0.05) is 43.3 Å². The van der Waals surface area contributed by atoms with Crippen LogP contribution in [0.15, 0.2) is 54.9 Å². The van der Waals surface area contributed by atoms with Crippen LogP contribution in [0.1, 0.15) is 28.9 Å². The second-order valence-electron chi connectivity index (χ2n) is 11.2. The number of rotatable bonds is 10. The molecule has 1 aliphatic carbocycles. The Bertz CT molecular complexity index is 1690. The number of aliphatic carboxylic acids is 2. The fourth-order valence-electron chi connectivity index (χ4n) is 4.32. The summed E-state index contributed by atoms with van der Waals surface area (Å²) in [6, 6.07) is 14.1. The molecule has 0 atom stereocenters. The Kier molecular flexibility index (Phi) is 12.8. The smallest absolute Gasteiger partial charge is 0.490 e. The Labute approximate surface area is 275 Å². The first-order valence-electron chi connectivity index (χ1n) is 14.6. The fraction of sp³-hybridized carbons (Fsp3) is 0.387. The highest BCUT2D eigenvalue weighted by Gasteiger charge is 2.39. The average molecular weight is 701 g/mol. The highest BCUT2D eigenvalue weighted by molar-refractivity contribution is 6.05. The van der Waals surface area contributed by atoms with E-state index in [0.29, 0.717) is 24.7 Å². The number of carboxylic acid groups (broad SMARTS) is 2. The minimum absolute atomic E-state index is 0.0507. The molecule has 1 fully saturated rings. The van der Waals surface area contributed by atoms with Gasteiger partial charge in [-0.2, -0.15) is 36.5 Å². The summed E-state index contributed by atoms with van der Waals surface area (Å²) in [5, 5.41) is 27.0. The van der Waals surface area contributed by atoms with Gasteiger partial charge in [-0.15, -0.1) is 0 Å². The number of nitrogens with one attached hydrogen (secondary N) is 1. The number of carboxylic acids is 2. The molecule has 2 aromatic heterocycles. The van der Waals surface area contributed by atoms with Crippen molar-refractivity contribution in [2.45, 2.75) is 38.3 Å². The molecule has 2 heterocycles. The van der Waals surface area contributed by atoms with Gasteiger partial charge in [-0.3, -0.25) is 14.6 Å². The van der Waals surface area contributed by atoms with Gasteiger partial charge >= 0.3 is 24.3 Å². The van der Waals surface area contributed by atoms with E-state index >= 15 is 0 Å². The topological polar surface area (TPSA) is 154 Å². The zero-order valence-electron chi connectivity index (χ0n) is 26.5. The summed E-state index contributed by atoms with van der Waals surface area (Å²) in [6.07, 6.45) is -4.04. The van der Waals surface area contributed by atoms with Gasteiger partial charge in [-0.1, -0.05) is 18.2 Å². The summed E-state index contributed by atoms with van der Waals surface area (Å²) in [5.41, 5.74) is 4.61. The molecule has 1 aliphatic rings. The number of fused-ring (bicyclic) bond motifs is 1. The molecule has 0 aliphatic heterocycles. The Morgan fingerprint density at radius 3 is 2.10 bits per heavy atom. The molecule has 0 spiro atoms. The molecule has 2 aromatic carbocycles. The van der Waals surface area contributed by atoms with E-state index in [2.05, 4.69) is 21.2 Å². The van der Waals surface area contributed by atoms with Crippen LogP contribution in [0.5, 0.6) is 5.75 Å². The summed E-state index contributed by atoms with van der Waals surface area (Å²) >= 11 is 0. The molecule has 266 valence electrons. The van der Waals surface area contributed by atoms with E-state index in [4.69, 9.17) is 29.6 Å². The number of benzene rings is 2. The second kappa shape index (κ2) is 16.3. The third-order valence-corrected chi connectivity index (χ3v) is 7.01. The van der Waals surface area contributed by atoms with Crippen molar-refractivity contribution in [1.82, 2.24) is 29.8 Å². The van der Waals surface area contributed by atoms with Gasteiger partial charge < -0.3 is 24.7 Å². The van der Waals surface area contributed by atoms with Crippen molar-refractivity contribution in [2.24, 2.45) is 5.92 Å². The van der Waals surface area contributed by atoms with Crippen LogP contribution in [0, 0.1) is 5.92 Å². The van der Waals surface area contributed by atoms with E-state index in [9.17, 15) is 31.1 Å². The Morgan fingerprint density at radius 1 is 0.959 bits per heavy atom. The predicted molar refractivity (Wildman–Crippen MR) is 164 cm³/mol. The number of hydrogen-bond donors (Lipinski definition) is 3. The molecule has 4 aromatic rings. The van der Waals surface area contributed by atoms with Gasteiger partial charge in [-0.25, -0.2) is 9.59 Å². The fourth-order valence-corrected chi connectivity index (χ4v) is 4.32. The third kappa shape index (κ3) is 11.5. The maximum Gasteiger partial charge on any atom is 0.490 e. The van der Waals surface area contributed by atoms with Crippen LogP contribution in [-0.2, 0) is 22.7 Å². The normalized spacial score (nSPS) is 12.9. The Hall–Kier alpha value is -5.13. The number of amides is 1. The number of likely N-dealkylation sites (N-methyl/N-ethyl adjacent to an activating group) is 1. The molecular weight excluding hydrogens is 666 g/mol. The molecule has 18 heteroatoms. The van der Waals surface area contributed by atoms with Crippen molar-refractivity contribution >= 4 is 28.7 Å². The average Bonchev–Trinajstić information content (AvgIpc) is 3.53. The standard InChI is InChI=1S/C27H32N6O2.2C2HF3O2/c1-31(2)11-12-32(17-20-5-4-6-23(13-20)35-3)27(34)26-24-10-9-21(22-15-28-29-16-22)14-25(24)33(30-26)18-19-7-8-19;2*3-2(4,5)1(6)7/h4-6,9-10,13-16,19H,7-8,11-12,17-18H2,1-3H3,(H,28,29);2*(H,6,7). The molecule has 0 unspecified atom stereocenters. The van der Waals surface area contributed by atoms with Gasteiger partial charge in [0.2, 0.25) is 0 Å². The number of alkyl halides is 6. The highest BCUT2D eigenvalue weighted by Crippen LogP contribution is 2.33. The first-order chi connectivity index (χ1) is 22.9. The molecule has 5 rings (SSSR count). The van der Waals surface area contributed by atoms with Crippen LogP contribution >= 0.6 is 0 Å². The van der Waals surface area contributed by atoms with E-state index in [1.165, 1.54) is 12.8 Å². The number of H-pyrrole nitrogens is 1. The molecule has 1 saturated carbocycles. The molecule has 3 N–H and O–H groups in total. The quantitative estimate of drug-likeness (QED) is 0.187. The summed E-state index contributed by atoms with van der Waals surface area (Å²) in [5.74, 6) is -4.14. The summed E-state index contributed by atoms with van der Waals surface area (Å²) in [4.78, 5) is 35.7. The van der Waals surface area contributed by atoms with Crippen molar-refractivity contribution < 1.29 is 55.7 Å². The number of aromatic amines is 1. The predicted octanol–water partition coefficient (Wildman–Crippen LogP) is 5.32. The number of hydrogen-bond acceptors (Lipinski definition) is 7. The minimum atomic E-state index is -5.08. The lowest BCUT2D eigenvalue weighted by Gasteiger charge is -2.24. The number of carbonyl (C=O) groups excluding carboxylic acids is 1. The first-order valence-corrected chi connectivity index (χ1v) is 14.6. The summed E-state index contributed by atoms with van der Waals surface area (Å²) in [6.45, 7) is 2.70. The zero-order valence-corrected chi connectivity index (χ0v) is 26.5. The van der Waals surface area contributed by atoms with E-state index in [1.54, 1.807) is 7.11 Å². The summed E-state index contributed by atoms with van der Waals surface area (Å²) < 4.78 is 70.9. The van der Waals surface area contributed by atoms with Crippen molar-refractivity contribution in [3.05, 3.63) is 66.1 Å². The zero-order chi connectivity index (χ0) is 36.5. The van der Waals surface area contributed by atoms with Gasteiger partial charge in [0.1, 0.15) is 5.75 Å². The molecule has 0 bridgehead atoms. The third-order valence-electron chi connectivity index (χ3n) is 7.01. The molecule has 0 saturated heterocycles. The SMILES string of the molecule is COc1cccc(CN(CCN(C)C)C(=O)c2nn(CC3CC3)c3cc(-c4cn[nH]c4)ccc23)c1.O=C(O)C(F)(F)F.O=C(O)C(F)(F)F. The van der Waals surface area contributed by atoms with Crippen LogP contribution in [0.4, 0.5) is 26.3 Å². The van der Waals surface area contributed by atoms with Crippen molar-refractivity contribution in [2.75, 3.05) is 34.3 Å². The highest BCUT2D eigenvalue weighted by atomic mass is 19.4. The Morgan fingerprint density at radius 2 is 1.59 bits per heavy atom. The van der Waals surface area contributed by atoms with E-state index in [-0.39, 0.29) is 5.91 Å². The van der Waals surface area contributed by atoms with Gasteiger partial charge in [0.15, 0.2) is 5.69 Å². The van der Waals surface area contributed by atoms with Crippen LogP contribution in [0.25, 0.3) is 22.0 Å². The number of nitrogens with zero attached hydrogens (tertiary/aromatic N) is 5.